The Balaban J connectivity index is 1.79. The summed E-state index contributed by atoms with van der Waals surface area (Å²) in [5.74, 6) is -0.670. The Bertz CT molecular complexity index is 694. The van der Waals surface area contributed by atoms with Crippen molar-refractivity contribution in [2.24, 2.45) is 5.41 Å². The van der Waals surface area contributed by atoms with Crippen molar-refractivity contribution in [3.8, 4) is 0 Å². The SMILES string of the molecule is Nc1c(C(=O)NCC2(CCO)CC2)sc2cccc(F)c12. The number of hydrogen-bond acceptors (Lipinski definition) is 4. The van der Waals surface area contributed by atoms with Crippen LogP contribution >= 0.6 is 11.3 Å². The topological polar surface area (TPSA) is 75.4 Å². The highest BCUT2D eigenvalue weighted by Gasteiger charge is 2.42. The zero-order valence-corrected chi connectivity index (χ0v) is 12.3. The number of carbonyl (C=O) groups excluding carboxylic acids is 1. The first-order chi connectivity index (χ1) is 10.1. The monoisotopic (exact) mass is 308 g/mol. The Labute approximate surface area is 125 Å². The van der Waals surface area contributed by atoms with Gasteiger partial charge in [0, 0.05) is 17.9 Å². The molecule has 4 nitrogen and oxygen atoms in total. The van der Waals surface area contributed by atoms with Gasteiger partial charge in [-0.3, -0.25) is 4.79 Å². The molecule has 1 fully saturated rings. The number of hydrogen-bond donors (Lipinski definition) is 3. The van der Waals surface area contributed by atoms with Gasteiger partial charge in [-0.2, -0.15) is 0 Å². The molecule has 1 aliphatic rings. The molecule has 4 N–H and O–H groups in total. The second-order valence-corrected chi connectivity index (χ2v) is 6.67. The molecule has 1 heterocycles. The zero-order chi connectivity index (χ0) is 15.0. The Hall–Kier alpha value is -1.66. The first-order valence-corrected chi connectivity index (χ1v) is 7.73. The van der Waals surface area contributed by atoms with Gasteiger partial charge in [0.25, 0.3) is 5.91 Å². The van der Waals surface area contributed by atoms with Crippen LogP contribution in [-0.2, 0) is 0 Å². The number of aliphatic hydroxyl groups excluding tert-OH is 1. The van der Waals surface area contributed by atoms with Crippen LogP contribution in [0, 0.1) is 11.2 Å². The van der Waals surface area contributed by atoms with Crippen molar-refractivity contribution >= 4 is 33.0 Å². The lowest BCUT2D eigenvalue weighted by molar-refractivity contribution is 0.0945. The number of fused-ring (bicyclic) bond motifs is 1. The second-order valence-electron chi connectivity index (χ2n) is 5.61. The minimum absolute atomic E-state index is 0.0428. The van der Waals surface area contributed by atoms with E-state index in [-0.39, 0.29) is 23.6 Å². The molecule has 21 heavy (non-hydrogen) atoms. The van der Waals surface area contributed by atoms with E-state index in [0.29, 0.717) is 27.9 Å². The first-order valence-electron chi connectivity index (χ1n) is 6.92. The fourth-order valence-electron chi connectivity index (χ4n) is 2.58. The van der Waals surface area contributed by atoms with E-state index >= 15 is 0 Å². The molecule has 6 heteroatoms. The minimum Gasteiger partial charge on any atom is -0.397 e. The van der Waals surface area contributed by atoms with Gasteiger partial charge in [-0.05, 0) is 36.8 Å². The van der Waals surface area contributed by atoms with Crippen molar-refractivity contribution < 1.29 is 14.3 Å². The third-order valence-corrected chi connectivity index (χ3v) is 5.30. The van der Waals surface area contributed by atoms with Crippen LogP contribution in [0.2, 0.25) is 0 Å². The molecule has 1 aromatic carbocycles. The first kappa shape index (κ1) is 14.3. The van der Waals surface area contributed by atoms with Crippen molar-refractivity contribution in [1.29, 1.82) is 0 Å². The third kappa shape index (κ3) is 2.61. The molecule has 1 aromatic heterocycles. The molecule has 1 saturated carbocycles. The van der Waals surface area contributed by atoms with E-state index in [0.717, 1.165) is 12.8 Å². The Morgan fingerprint density at radius 2 is 2.24 bits per heavy atom. The van der Waals surface area contributed by atoms with Gasteiger partial charge in [0.2, 0.25) is 0 Å². The van der Waals surface area contributed by atoms with Crippen LogP contribution in [0.5, 0.6) is 0 Å². The van der Waals surface area contributed by atoms with Crippen LogP contribution in [0.25, 0.3) is 10.1 Å². The smallest absolute Gasteiger partial charge is 0.263 e. The molecule has 0 unspecified atom stereocenters. The molecule has 1 amide bonds. The number of anilines is 1. The number of rotatable bonds is 5. The average molecular weight is 308 g/mol. The van der Waals surface area contributed by atoms with Crippen LogP contribution in [0.1, 0.15) is 28.9 Å². The third-order valence-electron chi connectivity index (χ3n) is 4.13. The summed E-state index contributed by atoms with van der Waals surface area (Å²) in [6.07, 6.45) is 2.73. The van der Waals surface area contributed by atoms with E-state index in [1.54, 1.807) is 12.1 Å². The van der Waals surface area contributed by atoms with Gasteiger partial charge < -0.3 is 16.2 Å². The van der Waals surface area contributed by atoms with Crippen molar-refractivity contribution in [2.45, 2.75) is 19.3 Å². The number of thiophene rings is 1. The Morgan fingerprint density at radius 3 is 2.86 bits per heavy atom. The average Bonchev–Trinajstić information content (AvgIpc) is 3.14. The quantitative estimate of drug-likeness (QED) is 0.794. The molecular formula is C15H17FN2O2S. The summed E-state index contributed by atoms with van der Waals surface area (Å²) in [4.78, 5) is 12.6. The largest absolute Gasteiger partial charge is 0.397 e. The van der Waals surface area contributed by atoms with E-state index in [4.69, 9.17) is 10.8 Å². The zero-order valence-electron chi connectivity index (χ0n) is 11.5. The van der Waals surface area contributed by atoms with Crippen molar-refractivity contribution in [3.05, 3.63) is 28.9 Å². The molecule has 0 atom stereocenters. The van der Waals surface area contributed by atoms with Gasteiger partial charge in [-0.1, -0.05) is 6.07 Å². The predicted molar refractivity (Wildman–Crippen MR) is 81.9 cm³/mol. The fraction of sp³-hybridized carbons (Fsp3) is 0.400. The predicted octanol–water partition coefficient (Wildman–Crippen LogP) is 2.52. The normalized spacial score (nSPS) is 16.1. The van der Waals surface area contributed by atoms with Gasteiger partial charge in [0.1, 0.15) is 10.7 Å². The highest BCUT2D eigenvalue weighted by Crippen LogP contribution is 2.48. The standard InChI is InChI=1S/C15H17FN2O2S/c16-9-2-1-3-10-11(9)12(17)13(21-10)14(20)18-8-15(4-5-15)6-7-19/h1-3,19H,4-8,17H2,(H,18,20). The molecule has 0 radical (unpaired) electrons. The molecule has 0 saturated heterocycles. The molecule has 1 aliphatic carbocycles. The molecule has 0 bridgehead atoms. The number of nitrogens with one attached hydrogen (secondary N) is 1. The van der Waals surface area contributed by atoms with Crippen LogP contribution in [-0.4, -0.2) is 24.2 Å². The lowest BCUT2D eigenvalue weighted by Gasteiger charge is -2.14. The Kier molecular flexibility index (Phi) is 3.59. The lowest BCUT2D eigenvalue weighted by atomic mass is 10.0. The Morgan fingerprint density at radius 1 is 1.48 bits per heavy atom. The van der Waals surface area contributed by atoms with Crippen LogP contribution in [0.4, 0.5) is 10.1 Å². The lowest BCUT2D eigenvalue weighted by Crippen LogP contribution is -2.30. The van der Waals surface area contributed by atoms with Crippen molar-refractivity contribution in [3.63, 3.8) is 0 Å². The minimum atomic E-state index is -0.403. The second kappa shape index (κ2) is 5.27. The fourth-order valence-corrected chi connectivity index (χ4v) is 3.63. The van der Waals surface area contributed by atoms with E-state index in [1.807, 2.05) is 0 Å². The molecular weight excluding hydrogens is 291 g/mol. The summed E-state index contributed by atoms with van der Waals surface area (Å²) >= 11 is 1.20. The number of halogens is 1. The van der Waals surface area contributed by atoms with Crippen LogP contribution in [0.3, 0.4) is 0 Å². The number of carbonyl (C=O) groups is 1. The molecule has 112 valence electrons. The molecule has 0 spiro atoms. The highest BCUT2D eigenvalue weighted by molar-refractivity contribution is 7.21. The summed E-state index contributed by atoms with van der Waals surface area (Å²) in [7, 11) is 0. The number of benzene rings is 1. The van der Waals surface area contributed by atoms with E-state index in [1.165, 1.54) is 17.4 Å². The van der Waals surface area contributed by atoms with Gasteiger partial charge in [0.05, 0.1) is 11.1 Å². The highest BCUT2D eigenvalue weighted by atomic mass is 32.1. The van der Waals surface area contributed by atoms with Crippen molar-refractivity contribution in [2.75, 3.05) is 18.9 Å². The van der Waals surface area contributed by atoms with E-state index in [9.17, 15) is 9.18 Å². The van der Waals surface area contributed by atoms with Crippen LogP contribution < -0.4 is 11.1 Å². The number of nitrogens with two attached hydrogens (primary N) is 1. The maximum Gasteiger partial charge on any atom is 0.263 e. The number of amides is 1. The molecule has 0 aliphatic heterocycles. The summed E-state index contributed by atoms with van der Waals surface area (Å²) in [6, 6.07) is 4.70. The van der Waals surface area contributed by atoms with Gasteiger partial charge in [0.15, 0.2) is 0 Å². The van der Waals surface area contributed by atoms with Gasteiger partial charge in [-0.25, -0.2) is 4.39 Å². The van der Waals surface area contributed by atoms with Crippen molar-refractivity contribution in [1.82, 2.24) is 5.32 Å². The van der Waals surface area contributed by atoms with Gasteiger partial charge in [-0.15, -0.1) is 11.3 Å². The van der Waals surface area contributed by atoms with E-state index < -0.39 is 5.82 Å². The maximum absolute atomic E-state index is 13.8. The summed E-state index contributed by atoms with van der Waals surface area (Å²) in [5, 5.41) is 12.2. The van der Waals surface area contributed by atoms with E-state index in [2.05, 4.69) is 5.32 Å². The summed E-state index contributed by atoms with van der Waals surface area (Å²) in [5.41, 5.74) is 6.17. The number of aliphatic hydroxyl groups is 1. The molecule has 2 aromatic rings. The number of nitrogen functional groups attached to an aromatic ring is 1. The molecule has 3 rings (SSSR count). The maximum atomic E-state index is 13.8. The summed E-state index contributed by atoms with van der Waals surface area (Å²) < 4.78 is 14.5. The van der Waals surface area contributed by atoms with Crippen LogP contribution in [0.15, 0.2) is 18.2 Å². The van der Waals surface area contributed by atoms with Gasteiger partial charge >= 0.3 is 0 Å². The summed E-state index contributed by atoms with van der Waals surface area (Å²) in [6.45, 7) is 0.661.